The molecule has 0 radical (unpaired) electrons. The van der Waals surface area contributed by atoms with E-state index in [1.807, 2.05) is 0 Å². The molecule has 336 valence electrons. The maximum atomic E-state index is 11.3. The molecule has 7 unspecified atom stereocenters. The van der Waals surface area contributed by atoms with Crippen LogP contribution in [0.5, 0.6) is 0 Å². The number of aliphatic hydroxyl groups is 8. The molecule has 0 amide bonds. The summed E-state index contributed by atoms with van der Waals surface area (Å²) in [6, 6.07) is 0. The molecule has 8 N–H and O–H groups in total. The lowest BCUT2D eigenvalue weighted by atomic mass is 9.47. The normalized spacial score (nSPS) is 57.2. The minimum atomic E-state index is -1.93. The first-order chi connectivity index (χ1) is 28.0. The molecule has 16 heteroatoms. The molecule has 0 aromatic carbocycles. The van der Waals surface area contributed by atoms with Crippen molar-refractivity contribution in [2.24, 2.45) is 40.4 Å². The van der Waals surface area contributed by atoms with Crippen LogP contribution in [0.15, 0.2) is 11.6 Å². The highest BCUT2D eigenvalue weighted by molar-refractivity contribution is 5.26. The Labute approximate surface area is 346 Å². The van der Waals surface area contributed by atoms with Crippen molar-refractivity contribution in [3.8, 4) is 0 Å². The molecule has 5 aliphatic heterocycles. The van der Waals surface area contributed by atoms with Crippen LogP contribution in [-0.2, 0) is 37.9 Å². The summed E-state index contributed by atoms with van der Waals surface area (Å²) in [5, 5.41) is 84.6. The molecule has 8 fully saturated rings. The average molecular weight is 841 g/mol. The van der Waals surface area contributed by atoms with E-state index in [-0.39, 0.29) is 28.8 Å². The predicted octanol–water partition coefficient (Wildman–Crippen LogP) is 0.609. The molecule has 9 rings (SSSR count). The van der Waals surface area contributed by atoms with E-state index in [0.29, 0.717) is 29.6 Å². The SMILES string of the molecule is C[C@@H]1CCC2(CC3C(CC4C5CC=C6C[C@@H](O[C@@H]7O[C@H](C)[C@H](O[C@@H]8O[C@H](CO[C@@H]9OCC(O)(CO)[C@H]9O)[C@@H](O)[C@H](O)[C@H]8O)[C@@H](O)[C@H]7O)CC[C@]6(C)C5CC[C@]34C)O2)OC1. The minimum absolute atomic E-state index is 0.0684. The van der Waals surface area contributed by atoms with Gasteiger partial charge < -0.3 is 78.7 Å². The number of allylic oxidation sites excluding steroid dienone is 1. The number of ether oxygens (including phenoxy) is 8. The molecular weight excluding hydrogens is 772 g/mol. The molecule has 1 spiro atoms. The van der Waals surface area contributed by atoms with Crippen LogP contribution in [0.3, 0.4) is 0 Å². The fraction of sp³-hybridized carbons (Fsp3) is 0.953. The lowest BCUT2D eigenvalue weighted by Gasteiger charge is -2.58. The van der Waals surface area contributed by atoms with Gasteiger partial charge in [-0.05, 0) is 98.7 Å². The Bertz CT molecular complexity index is 1540. The second-order valence-corrected chi connectivity index (χ2v) is 20.4. The Balaban J connectivity index is 0.795. The average Bonchev–Trinajstić information content (AvgIpc) is 3.82. The van der Waals surface area contributed by atoms with E-state index in [2.05, 4.69) is 26.8 Å². The molecule has 0 aromatic rings. The van der Waals surface area contributed by atoms with E-state index in [1.165, 1.54) is 24.8 Å². The number of fused-ring (bicyclic) bond motifs is 7. The van der Waals surface area contributed by atoms with Gasteiger partial charge in [0.15, 0.2) is 24.7 Å². The summed E-state index contributed by atoms with van der Waals surface area (Å²) >= 11 is 0. The van der Waals surface area contributed by atoms with Crippen molar-refractivity contribution in [2.75, 3.05) is 26.4 Å². The van der Waals surface area contributed by atoms with Gasteiger partial charge in [0.1, 0.15) is 54.4 Å². The Hall–Kier alpha value is -0.900. The number of aliphatic hydroxyl groups excluding tert-OH is 7. The maximum Gasteiger partial charge on any atom is 0.187 e. The van der Waals surface area contributed by atoms with Crippen molar-refractivity contribution in [3.05, 3.63) is 11.6 Å². The fourth-order valence-electron chi connectivity index (χ4n) is 13.1. The molecule has 16 nitrogen and oxygen atoms in total. The third-order valence-electron chi connectivity index (χ3n) is 16.9. The van der Waals surface area contributed by atoms with Gasteiger partial charge >= 0.3 is 0 Å². The lowest BCUT2D eigenvalue weighted by molar-refractivity contribution is -0.361. The predicted molar refractivity (Wildman–Crippen MR) is 204 cm³/mol. The van der Waals surface area contributed by atoms with Crippen molar-refractivity contribution >= 4 is 0 Å². The van der Waals surface area contributed by atoms with Gasteiger partial charge in [0.2, 0.25) is 0 Å². The standard InChI is InChI=1S/C43H68O16/c1-20-7-12-43(54-16-20)15-27-28(59-43)14-26-24-6-5-22-13-23(8-10-40(22,3)25(24)9-11-41(26,27)4)56-37-34(49)32(47)35(21(2)55-37)58-38-33(48)31(46)30(45)29(57-38)17-52-39-36(50)42(51,18-44)19-53-39/h5,20-21,23-39,44-51H,6-19H2,1-4H3/t20-,21-,23+,24?,25?,26?,27?,28?,29-,30-,31+,32+,33-,34-,35+,36+,37+,38+,39-,40+,41+,42?,43?/m1/s1. The molecule has 3 saturated carbocycles. The summed E-state index contributed by atoms with van der Waals surface area (Å²) in [5.41, 5.74) is -0.183. The summed E-state index contributed by atoms with van der Waals surface area (Å²) in [7, 11) is 0. The van der Waals surface area contributed by atoms with Gasteiger partial charge in [-0.15, -0.1) is 0 Å². The first-order valence-electron chi connectivity index (χ1n) is 22.3. The van der Waals surface area contributed by atoms with Crippen LogP contribution < -0.4 is 0 Å². The summed E-state index contributed by atoms with van der Waals surface area (Å²) in [6.45, 7) is 8.07. The third-order valence-corrected chi connectivity index (χ3v) is 16.9. The van der Waals surface area contributed by atoms with Crippen LogP contribution in [0.4, 0.5) is 0 Å². The zero-order valence-electron chi connectivity index (χ0n) is 34.8. The van der Waals surface area contributed by atoms with E-state index in [4.69, 9.17) is 37.9 Å². The van der Waals surface area contributed by atoms with E-state index in [1.54, 1.807) is 6.92 Å². The first kappa shape index (κ1) is 43.4. The maximum absolute atomic E-state index is 11.3. The van der Waals surface area contributed by atoms with Crippen LogP contribution in [0.25, 0.3) is 0 Å². The summed E-state index contributed by atoms with van der Waals surface area (Å²) in [5.74, 6) is 2.62. The van der Waals surface area contributed by atoms with Crippen LogP contribution in [-0.4, -0.2) is 165 Å². The van der Waals surface area contributed by atoms with Crippen molar-refractivity contribution in [2.45, 2.75) is 189 Å². The van der Waals surface area contributed by atoms with Crippen LogP contribution in [0, 0.1) is 40.4 Å². The first-order valence-corrected chi connectivity index (χ1v) is 22.3. The Morgan fingerprint density at radius 3 is 2.31 bits per heavy atom. The highest BCUT2D eigenvalue weighted by Gasteiger charge is 2.66. The quantitative estimate of drug-likeness (QED) is 0.156. The molecule has 5 heterocycles. The van der Waals surface area contributed by atoms with Crippen LogP contribution in [0.2, 0.25) is 0 Å². The Kier molecular flexibility index (Phi) is 11.7. The zero-order valence-corrected chi connectivity index (χ0v) is 34.8. The molecular formula is C43H68O16. The molecule has 4 aliphatic carbocycles. The Morgan fingerprint density at radius 2 is 1.58 bits per heavy atom. The summed E-state index contributed by atoms with van der Waals surface area (Å²) < 4.78 is 48.3. The molecule has 9 aliphatic rings. The van der Waals surface area contributed by atoms with Crippen LogP contribution >= 0.6 is 0 Å². The fourth-order valence-corrected chi connectivity index (χ4v) is 13.1. The van der Waals surface area contributed by atoms with Crippen molar-refractivity contribution in [1.29, 1.82) is 0 Å². The molecule has 5 saturated heterocycles. The van der Waals surface area contributed by atoms with Crippen LogP contribution in [0.1, 0.15) is 91.9 Å². The molecule has 0 bridgehead atoms. The lowest BCUT2D eigenvalue weighted by Crippen LogP contribution is -2.64. The van der Waals surface area contributed by atoms with Gasteiger partial charge in [0, 0.05) is 12.8 Å². The highest BCUT2D eigenvalue weighted by Crippen LogP contribution is 2.69. The van der Waals surface area contributed by atoms with E-state index >= 15 is 0 Å². The third kappa shape index (κ3) is 7.30. The van der Waals surface area contributed by atoms with Gasteiger partial charge in [0.05, 0.1) is 44.7 Å². The second kappa shape index (κ2) is 16.0. The van der Waals surface area contributed by atoms with E-state index < -0.39 is 99.2 Å². The van der Waals surface area contributed by atoms with Crippen molar-refractivity contribution in [3.63, 3.8) is 0 Å². The zero-order chi connectivity index (χ0) is 41.8. The van der Waals surface area contributed by atoms with E-state index in [9.17, 15) is 40.9 Å². The molecule has 23 atom stereocenters. The Morgan fingerprint density at radius 1 is 0.814 bits per heavy atom. The largest absolute Gasteiger partial charge is 0.393 e. The van der Waals surface area contributed by atoms with Gasteiger partial charge in [-0.1, -0.05) is 32.4 Å². The summed E-state index contributed by atoms with van der Waals surface area (Å²) in [4.78, 5) is 0. The van der Waals surface area contributed by atoms with Crippen molar-refractivity contribution in [1.82, 2.24) is 0 Å². The smallest absolute Gasteiger partial charge is 0.187 e. The van der Waals surface area contributed by atoms with Crippen molar-refractivity contribution < 1.29 is 78.7 Å². The highest BCUT2D eigenvalue weighted by atomic mass is 16.8. The van der Waals surface area contributed by atoms with Gasteiger partial charge in [0.25, 0.3) is 0 Å². The summed E-state index contributed by atoms with van der Waals surface area (Å²) in [6.07, 6.45) is -4.38. The molecule has 0 aromatic heterocycles. The topological polar surface area (TPSA) is 236 Å². The number of hydrogen-bond acceptors (Lipinski definition) is 16. The van der Waals surface area contributed by atoms with Gasteiger partial charge in [-0.25, -0.2) is 0 Å². The van der Waals surface area contributed by atoms with Gasteiger partial charge in [-0.2, -0.15) is 0 Å². The number of rotatable bonds is 8. The van der Waals surface area contributed by atoms with E-state index in [0.717, 1.165) is 51.6 Å². The molecule has 59 heavy (non-hydrogen) atoms. The second-order valence-electron chi connectivity index (χ2n) is 20.4. The monoisotopic (exact) mass is 840 g/mol. The minimum Gasteiger partial charge on any atom is -0.393 e. The number of hydrogen-bond donors (Lipinski definition) is 8. The van der Waals surface area contributed by atoms with Gasteiger partial charge in [-0.3, -0.25) is 0 Å².